The number of unbranched alkanes of at least 4 members (excludes halogenated alkanes) is 17. The monoisotopic (exact) mass is 833 g/mol. The molecule has 0 saturated heterocycles. The first-order valence-electron chi connectivity index (χ1n) is 24.8. The second-order valence-electron chi connectivity index (χ2n) is 15.9. The van der Waals surface area contributed by atoms with E-state index in [4.69, 9.17) is 14.2 Å². The van der Waals surface area contributed by atoms with Crippen LogP contribution in [0.25, 0.3) is 0 Å². The minimum absolute atomic E-state index is 0.0556. The van der Waals surface area contributed by atoms with E-state index in [1.807, 2.05) is 0 Å². The highest BCUT2D eigenvalue weighted by Crippen LogP contribution is 2.12. The van der Waals surface area contributed by atoms with Crippen LogP contribution in [0.2, 0.25) is 0 Å². The number of carbonyl (C=O) groups is 2. The third-order valence-corrected chi connectivity index (χ3v) is 10.1. The summed E-state index contributed by atoms with van der Waals surface area (Å²) in [6, 6.07) is 0. The van der Waals surface area contributed by atoms with Crippen molar-refractivity contribution in [2.45, 2.75) is 219 Å². The fraction of sp³-hybridized carbons (Fsp3) is 0.673. The molecule has 0 saturated carbocycles. The van der Waals surface area contributed by atoms with Gasteiger partial charge in [0, 0.05) is 19.4 Å². The largest absolute Gasteiger partial charge is 0.462 e. The van der Waals surface area contributed by atoms with Crippen molar-refractivity contribution < 1.29 is 23.8 Å². The van der Waals surface area contributed by atoms with Gasteiger partial charge in [-0.05, 0) is 116 Å². The highest BCUT2D eigenvalue weighted by molar-refractivity contribution is 5.70. The van der Waals surface area contributed by atoms with Gasteiger partial charge in [-0.2, -0.15) is 0 Å². The summed E-state index contributed by atoms with van der Waals surface area (Å²) < 4.78 is 17.3. The summed E-state index contributed by atoms with van der Waals surface area (Å²) in [5, 5.41) is 0. The molecule has 0 aliphatic heterocycles. The van der Waals surface area contributed by atoms with Crippen molar-refractivity contribution >= 4 is 11.9 Å². The number of rotatable bonds is 44. The van der Waals surface area contributed by atoms with Gasteiger partial charge in [0.1, 0.15) is 6.61 Å². The molecule has 0 aliphatic carbocycles. The van der Waals surface area contributed by atoms with Crippen LogP contribution in [0.4, 0.5) is 0 Å². The number of carbonyl (C=O) groups excluding carboxylic acids is 2. The Labute approximate surface area is 371 Å². The summed E-state index contributed by atoms with van der Waals surface area (Å²) in [7, 11) is 0. The number of esters is 2. The van der Waals surface area contributed by atoms with Crippen molar-refractivity contribution in [3.05, 3.63) is 97.2 Å². The molecule has 1 atom stereocenters. The van der Waals surface area contributed by atoms with E-state index in [2.05, 4.69) is 118 Å². The van der Waals surface area contributed by atoms with Crippen LogP contribution >= 0.6 is 0 Å². The minimum atomic E-state index is -0.569. The topological polar surface area (TPSA) is 61.8 Å². The summed E-state index contributed by atoms with van der Waals surface area (Å²) in [6.07, 6.45) is 67.0. The highest BCUT2D eigenvalue weighted by atomic mass is 16.6. The second kappa shape index (κ2) is 50.2. The second-order valence-corrected chi connectivity index (χ2v) is 15.9. The van der Waals surface area contributed by atoms with Gasteiger partial charge in [-0.25, -0.2) is 0 Å². The van der Waals surface area contributed by atoms with Gasteiger partial charge in [-0.15, -0.1) is 0 Å². The lowest BCUT2D eigenvalue weighted by Gasteiger charge is -2.18. The Morgan fingerprint density at radius 3 is 1.22 bits per heavy atom. The fourth-order valence-electron chi connectivity index (χ4n) is 6.45. The van der Waals surface area contributed by atoms with Gasteiger partial charge < -0.3 is 14.2 Å². The predicted octanol–water partition coefficient (Wildman–Crippen LogP) is 16.7. The molecule has 5 heteroatoms. The first kappa shape index (κ1) is 56.8. The molecule has 0 rings (SSSR count). The molecule has 0 fully saturated rings. The third-order valence-electron chi connectivity index (χ3n) is 10.1. The number of allylic oxidation sites excluding steroid dienone is 16. The molecule has 0 bridgehead atoms. The zero-order valence-electron chi connectivity index (χ0n) is 39.2. The molecule has 0 radical (unpaired) electrons. The molecule has 0 aromatic rings. The highest BCUT2D eigenvalue weighted by Gasteiger charge is 2.17. The molecule has 0 aliphatic rings. The Bertz CT molecular complexity index is 1170. The number of ether oxygens (including phenoxy) is 3. The van der Waals surface area contributed by atoms with Crippen LogP contribution in [0.5, 0.6) is 0 Å². The maximum atomic E-state index is 12.8. The SMILES string of the molecule is CC/C=C\C/C=C\C/C=C\CCCCCCCCOCC(COC(=O)CCCCCCC/C=C\C/C=C\CCCCC)OC(=O)CCCCC/C=C\C/C=C\C/C=C\CC. The van der Waals surface area contributed by atoms with Gasteiger partial charge in [-0.1, -0.05) is 182 Å². The number of hydrogen-bond acceptors (Lipinski definition) is 5. The summed E-state index contributed by atoms with van der Waals surface area (Å²) >= 11 is 0. The van der Waals surface area contributed by atoms with E-state index in [9.17, 15) is 9.59 Å². The summed E-state index contributed by atoms with van der Waals surface area (Å²) in [6.45, 7) is 7.49. The van der Waals surface area contributed by atoms with Gasteiger partial charge in [0.2, 0.25) is 0 Å². The molecule has 1 unspecified atom stereocenters. The van der Waals surface area contributed by atoms with E-state index in [0.29, 0.717) is 19.4 Å². The smallest absolute Gasteiger partial charge is 0.306 e. The molecule has 0 aromatic carbocycles. The summed E-state index contributed by atoms with van der Waals surface area (Å²) in [5.41, 5.74) is 0. The summed E-state index contributed by atoms with van der Waals surface area (Å²) in [5.74, 6) is -0.460. The van der Waals surface area contributed by atoms with Crippen molar-refractivity contribution in [1.29, 1.82) is 0 Å². The van der Waals surface area contributed by atoms with Crippen LogP contribution < -0.4 is 0 Å². The zero-order chi connectivity index (χ0) is 43.5. The van der Waals surface area contributed by atoms with Crippen molar-refractivity contribution in [3.63, 3.8) is 0 Å². The molecule has 342 valence electrons. The molecular weight excluding hydrogens is 741 g/mol. The molecule has 0 aromatic heterocycles. The van der Waals surface area contributed by atoms with Crippen LogP contribution in [-0.4, -0.2) is 37.9 Å². The van der Waals surface area contributed by atoms with Gasteiger partial charge >= 0.3 is 11.9 Å². The van der Waals surface area contributed by atoms with Crippen LogP contribution in [-0.2, 0) is 23.8 Å². The van der Waals surface area contributed by atoms with Crippen molar-refractivity contribution in [2.24, 2.45) is 0 Å². The average molecular weight is 833 g/mol. The van der Waals surface area contributed by atoms with Crippen molar-refractivity contribution in [3.8, 4) is 0 Å². The average Bonchev–Trinajstić information content (AvgIpc) is 3.25. The van der Waals surface area contributed by atoms with Crippen molar-refractivity contribution in [1.82, 2.24) is 0 Å². The molecule has 0 spiro atoms. The lowest BCUT2D eigenvalue weighted by molar-refractivity contribution is -0.163. The van der Waals surface area contributed by atoms with E-state index < -0.39 is 6.10 Å². The Kier molecular flexibility index (Phi) is 47.5. The lowest BCUT2D eigenvalue weighted by Crippen LogP contribution is -2.30. The Morgan fingerprint density at radius 1 is 0.383 bits per heavy atom. The van der Waals surface area contributed by atoms with Gasteiger partial charge in [0.25, 0.3) is 0 Å². The maximum Gasteiger partial charge on any atom is 0.306 e. The first-order chi connectivity index (χ1) is 29.6. The Balaban J connectivity index is 4.37. The first-order valence-corrected chi connectivity index (χ1v) is 24.8. The zero-order valence-corrected chi connectivity index (χ0v) is 39.2. The third kappa shape index (κ3) is 47.5. The Morgan fingerprint density at radius 2 is 0.750 bits per heavy atom. The van der Waals surface area contributed by atoms with Crippen molar-refractivity contribution in [2.75, 3.05) is 19.8 Å². The fourth-order valence-corrected chi connectivity index (χ4v) is 6.45. The summed E-state index contributed by atoms with van der Waals surface area (Å²) in [4.78, 5) is 25.3. The van der Waals surface area contributed by atoms with E-state index in [1.165, 1.54) is 64.2 Å². The lowest BCUT2D eigenvalue weighted by atomic mass is 10.1. The standard InChI is InChI=1S/C55H92O5/c1-4-7-10-13-16-19-22-25-27-29-32-35-38-41-44-47-50-58-51-53(60-55(57)49-46-43-40-37-34-30-24-21-18-15-12-9-6-3)52-59-54(56)48-45-42-39-36-33-31-28-26-23-20-17-14-11-8-5-2/h7,9-10,12,16-21,25-28,30,34,53H,4-6,8,11,13-15,22-24,29,31-33,35-52H2,1-3H3/b10-7-,12-9-,19-16-,20-17-,21-18-,27-25-,28-26-,34-30-. The van der Waals surface area contributed by atoms with Crippen LogP contribution in [0.1, 0.15) is 213 Å². The molecular formula is C55H92O5. The van der Waals surface area contributed by atoms with Gasteiger partial charge in [-0.3, -0.25) is 9.59 Å². The predicted molar refractivity (Wildman–Crippen MR) is 260 cm³/mol. The van der Waals surface area contributed by atoms with Gasteiger partial charge in [0.05, 0.1) is 6.61 Å². The molecule has 60 heavy (non-hydrogen) atoms. The Hall–Kier alpha value is -3.18. The van der Waals surface area contributed by atoms with Gasteiger partial charge in [0.15, 0.2) is 6.10 Å². The molecule has 0 heterocycles. The van der Waals surface area contributed by atoms with E-state index in [-0.39, 0.29) is 25.2 Å². The minimum Gasteiger partial charge on any atom is -0.462 e. The molecule has 0 amide bonds. The van der Waals surface area contributed by atoms with E-state index in [0.717, 1.165) is 116 Å². The van der Waals surface area contributed by atoms with Crippen LogP contribution in [0.15, 0.2) is 97.2 Å². The van der Waals surface area contributed by atoms with Crippen LogP contribution in [0.3, 0.4) is 0 Å². The normalized spacial score (nSPS) is 13.1. The van der Waals surface area contributed by atoms with E-state index >= 15 is 0 Å². The molecule has 5 nitrogen and oxygen atoms in total. The quantitative estimate of drug-likeness (QED) is 0.0348. The molecule has 0 N–H and O–H groups in total. The maximum absolute atomic E-state index is 12.8. The van der Waals surface area contributed by atoms with Crippen LogP contribution in [0, 0.1) is 0 Å². The van der Waals surface area contributed by atoms with E-state index in [1.54, 1.807) is 0 Å². The number of hydrogen-bond donors (Lipinski definition) is 0.